The summed E-state index contributed by atoms with van der Waals surface area (Å²) < 4.78 is 19.2. The SMILES string of the molecule is Cc1cc(C)c(C(=O)OCC(=O)N2CCS[C@H]2c2ccccc2F)c(Cl)n1. The van der Waals surface area contributed by atoms with Crippen LogP contribution in [-0.2, 0) is 9.53 Å². The number of amides is 1. The molecule has 0 bridgehead atoms. The molecular formula is C19H18ClFN2O3S. The topological polar surface area (TPSA) is 59.5 Å². The summed E-state index contributed by atoms with van der Waals surface area (Å²) in [6.07, 6.45) is 0. The molecule has 0 spiro atoms. The molecule has 0 N–H and O–H groups in total. The number of carbonyl (C=O) groups excluding carboxylic acids is 2. The molecule has 1 aliphatic rings. The van der Waals surface area contributed by atoms with Crippen molar-refractivity contribution in [3.8, 4) is 0 Å². The molecule has 142 valence electrons. The van der Waals surface area contributed by atoms with Crippen molar-refractivity contribution in [1.82, 2.24) is 9.88 Å². The molecule has 27 heavy (non-hydrogen) atoms. The van der Waals surface area contributed by atoms with Gasteiger partial charge in [-0.15, -0.1) is 11.8 Å². The molecule has 2 heterocycles. The molecular weight excluding hydrogens is 391 g/mol. The first-order valence-electron chi connectivity index (χ1n) is 8.35. The van der Waals surface area contributed by atoms with Crippen LogP contribution in [0.5, 0.6) is 0 Å². The van der Waals surface area contributed by atoms with Crippen molar-refractivity contribution in [1.29, 1.82) is 0 Å². The van der Waals surface area contributed by atoms with Crippen molar-refractivity contribution in [2.75, 3.05) is 18.9 Å². The largest absolute Gasteiger partial charge is 0.452 e. The predicted octanol–water partition coefficient (Wildman–Crippen LogP) is 3.92. The molecule has 0 aliphatic carbocycles. The fourth-order valence-electron chi connectivity index (χ4n) is 2.98. The van der Waals surface area contributed by atoms with Gasteiger partial charge in [-0.1, -0.05) is 29.8 Å². The van der Waals surface area contributed by atoms with Gasteiger partial charge in [0.25, 0.3) is 5.91 Å². The minimum absolute atomic E-state index is 0.0471. The molecule has 0 radical (unpaired) electrons. The van der Waals surface area contributed by atoms with Crippen molar-refractivity contribution in [3.05, 3.63) is 63.7 Å². The van der Waals surface area contributed by atoms with Gasteiger partial charge in [0.15, 0.2) is 6.61 Å². The number of hydrogen-bond acceptors (Lipinski definition) is 5. The summed E-state index contributed by atoms with van der Waals surface area (Å²) in [5.41, 5.74) is 1.91. The minimum Gasteiger partial charge on any atom is -0.452 e. The third kappa shape index (κ3) is 4.25. The monoisotopic (exact) mass is 408 g/mol. The predicted molar refractivity (Wildman–Crippen MR) is 102 cm³/mol. The van der Waals surface area contributed by atoms with Crippen LogP contribution in [0.4, 0.5) is 4.39 Å². The zero-order valence-corrected chi connectivity index (χ0v) is 16.4. The number of pyridine rings is 1. The van der Waals surface area contributed by atoms with E-state index in [0.29, 0.717) is 29.1 Å². The van der Waals surface area contributed by atoms with Gasteiger partial charge in [0.2, 0.25) is 0 Å². The quantitative estimate of drug-likeness (QED) is 0.566. The van der Waals surface area contributed by atoms with Gasteiger partial charge < -0.3 is 9.64 Å². The molecule has 2 aromatic rings. The standard InChI is InChI=1S/C19H18ClFN2O3S/c1-11-9-12(2)22-17(20)16(11)19(25)26-10-15(24)23-7-8-27-18(23)13-5-3-4-6-14(13)21/h3-6,9,18H,7-8,10H2,1-2H3/t18-/m0/s1. The van der Waals surface area contributed by atoms with E-state index in [2.05, 4.69) is 4.98 Å². The summed E-state index contributed by atoms with van der Waals surface area (Å²) in [4.78, 5) is 30.5. The summed E-state index contributed by atoms with van der Waals surface area (Å²) in [5.74, 6) is -0.756. The Bertz CT molecular complexity index is 870. The van der Waals surface area contributed by atoms with Gasteiger partial charge in [0, 0.05) is 23.6 Å². The van der Waals surface area contributed by atoms with Gasteiger partial charge in [0.1, 0.15) is 16.3 Å². The van der Waals surface area contributed by atoms with Gasteiger partial charge in [-0.25, -0.2) is 14.2 Å². The van der Waals surface area contributed by atoms with Crippen molar-refractivity contribution >= 4 is 35.2 Å². The average Bonchev–Trinajstić information content (AvgIpc) is 3.08. The fraction of sp³-hybridized carbons (Fsp3) is 0.316. The van der Waals surface area contributed by atoms with E-state index < -0.39 is 18.0 Å². The smallest absolute Gasteiger partial charge is 0.342 e. The Kier molecular flexibility index (Phi) is 6.01. The van der Waals surface area contributed by atoms with E-state index in [1.165, 1.54) is 22.7 Å². The van der Waals surface area contributed by atoms with Crippen LogP contribution in [0.1, 0.15) is 32.6 Å². The highest BCUT2D eigenvalue weighted by Crippen LogP contribution is 2.38. The second-order valence-corrected chi connectivity index (χ2v) is 7.70. The molecule has 1 aromatic carbocycles. The first-order chi connectivity index (χ1) is 12.9. The van der Waals surface area contributed by atoms with Gasteiger partial charge in [-0.05, 0) is 31.5 Å². The first kappa shape index (κ1) is 19.6. The molecule has 1 aliphatic heterocycles. The highest BCUT2D eigenvalue weighted by molar-refractivity contribution is 7.99. The van der Waals surface area contributed by atoms with E-state index in [4.69, 9.17) is 16.3 Å². The zero-order valence-electron chi connectivity index (χ0n) is 14.9. The van der Waals surface area contributed by atoms with E-state index in [0.717, 1.165) is 0 Å². The Morgan fingerprint density at radius 3 is 2.81 bits per heavy atom. The van der Waals surface area contributed by atoms with E-state index in [1.54, 1.807) is 38.1 Å². The second kappa shape index (κ2) is 8.27. The lowest BCUT2D eigenvalue weighted by Gasteiger charge is -2.24. The van der Waals surface area contributed by atoms with Crippen LogP contribution < -0.4 is 0 Å². The van der Waals surface area contributed by atoms with Crippen molar-refractivity contribution in [2.45, 2.75) is 19.2 Å². The maximum Gasteiger partial charge on any atom is 0.342 e. The van der Waals surface area contributed by atoms with E-state index in [9.17, 15) is 14.0 Å². The molecule has 1 fully saturated rings. The van der Waals surface area contributed by atoms with Gasteiger partial charge in [0.05, 0.1) is 5.56 Å². The molecule has 1 amide bonds. The number of carbonyl (C=O) groups is 2. The van der Waals surface area contributed by atoms with E-state index >= 15 is 0 Å². The van der Waals surface area contributed by atoms with Crippen LogP contribution in [0.2, 0.25) is 5.15 Å². The molecule has 8 heteroatoms. The Hall–Kier alpha value is -2.12. The number of thioether (sulfide) groups is 1. The number of hydrogen-bond donors (Lipinski definition) is 0. The summed E-state index contributed by atoms with van der Waals surface area (Å²) in [7, 11) is 0. The molecule has 1 atom stereocenters. The van der Waals surface area contributed by atoms with Gasteiger partial charge >= 0.3 is 5.97 Å². The van der Waals surface area contributed by atoms with Gasteiger partial charge in [-0.3, -0.25) is 4.79 Å². The summed E-state index contributed by atoms with van der Waals surface area (Å²) in [5, 5.41) is -0.380. The van der Waals surface area contributed by atoms with Crippen LogP contribution in [0.3, 0.4) is 0 Å². The third-order valence-electron chi connectivity index (χ3n) is 4.21. The number of benzene rings is 1. The molecule has 0 saturated carbocycles. The molecule has 1 saturated heterocycles. The lowest BCUT2D eigenvalue weighted by molar-refractivity contribution is -0.134. The summed E-state index contributed by atoms with van der Waals surface area (Å²) in [6, 6.07) is 8.08. The number of nitrogens with zero attached hydrogens (tertiary/aromatic N) is 2. The van der Waals surface area contributed by atoms with Crippen LogP contribution in [-0.4, -0.2) is 40.7 Å². The summed E-state index contributed by atoms with van der Waals surface area (Å²) >= 11 is 7.52. The summed E-state index contributed by atoms with van der Waals surface area (Å²) in [6.45, 7) is 3.52. The molecule has 0 unspecified atom stereocenters. The highest BCUT2D eigenvalue weighted by Gasteiger charge is 2.33. The van der Waals surface area contributed by atoms with Crippen molar-refractivity contribution < 1.29 is 18.7 Å². The van der Waals surface area contributed by atoms with Crippen LogP contribution >= 0.6 is 23.4 Å². The normalized spacial score (nSPS) is 16.4. The van der Waals surface area contributed by atoms with Crippen LogP contribution in [0, 0.1) is 19.7 Å². The number of aryl methyl sites for hydroxylation is 2. The van der Waals surface area contributed by atoms with Crippen LogP contribution in [0.15, 0.2) is 30.3 Å². The highest BCUT2D eigenvalue weighted by atomic mass is 35.5. The minimum atomic E-state index is -0.701. The van der Waals surface area contributed by atoms with E-state index in [1.807, 2.05) is 0 Å². The maximum absolute atomic E-state index is 14.1. The number of rotatable bonds is 4. The number of halogens is 2. The molecule has 5 nitrogen and oxygen atoms in total. The Morgan fingerprint density at radius 2 is 2.11 bits per heavy atom. The average molecular weight is 409 g/mol. The second-order valence-electron chi connectivity index (χ2n) is 6.15. The van der Waals surface area contributed by atoms with E-state index in [-0.39, 0.29) is 22.4 Å². The maximum atomic E-state index is 14.1. The Labute approximate surface area is 165 Å². The lowest BCUT2D eigenvalue weighted by Crippen LogP contribution is -2.34. The van der Waals surface area contributed by atoms with Crippen molar-refractivity contribution in [3.63, 3.8) is 0 Å². The fourth-order valence-corrected chi connectivity index (χ4v) is 4.64. The third-order valence-corrected chi connectivity index (χ3v) is 5.73. The lowest BCUT2D eigenvalue weighted by atomic mass is 10.1. The number of aromatic nitrogens is 1. The molecule has 1 aromatic heterocycles. The number of ether oxygens (including phenoxy) is 1. The van der Waals surface area contributed by atoms with Crippen molar-refractivity contribution in [2.24, 2.45) is 0 Å². The number of esters is 1. The molecule has 3 rings (SSSR count). The zero-order chi connectivity index (χ0) is 19.6. The Morgan fingerprint density at radius 1 is 1.37 bits per heavy atom. The Balaban J connectivity index is 1.69. The van der Waals surface area contributed by atoms with Crippen LogP contribution in [0.25, 0.3) is 0 Å². The first-order valence-corrected chi connectivity index (χ1v) is 9.77. The van der Waals surface area contributed by atoms with Gasteiger partial charge in [-0.2, -0.15) is 0 Å².